The molecular weight excluding hydrogens is 310 g/mol. The number of amides is 2. The summed E-state index contributed by atoms with van der Waals surface area (Å²) in [5.41, 5.74) is 2.67. The molecule has 2 aromatic heterocycles. The summed E-state index contributed by atoms with van der Waals surface area (Å²) in [6.45, 7) is 2.11. The quantitative estimate of drug-likeness (QED) is 0.765. The van der Waals surface area contributed by atoms with E-state index in [9.17, 15) is 9.59 Å². The van der Waals surface area contributed by atoms with Crippen LogP contribution in [0.15, 0.2) is 35.0 Å². The average Bonchev–Trinajstić information content (AvgIpc) is 3.25. The lowest BCUT2D eigenvalue weighted by Gasteiger charge is -2.14. The Balaban J connectivity index is 1.48. The Morgan fingerprint density at radius 2 is 2.33 bits per heavy atom. The second kappa shape index (κ2) is 5.48. The van der Waals surface area contributed by atoms with Crippen molar-refractivity contribution in [2.45, 2.75) is 13.3 Å². The Bertz CT molecular complexity index is 915. The standard InChI is InChI=1S/C16H15N5O3/c1-9-19-13-5-11(2-3-14(13)24-9)20-16(23)10-4-15(22)21(8-10)12-6-17-18-7-12/h2-3,5-7,10H,4,8H2,1H3,(H,17,18)(H,20,23)/t10-/m1/s1. The second-order valence-electron chi connectivity index (χ2n) is 5.77. The molecule has 1 aliphatic heterocycles. The van der Waals surface area contributed by atoms with Crippen molar-refractivity contribution in [1.29, 1.82) is 0 Å². The number of carbonyl (C=O) groups is 2. The average molecular weight is 325 g/mol. The summed E-state index contributed by atoms with van der Waals surface area (Å²) in [5, 5.41) is 9.35. The maximum absolute atomic E-state index is 12.5. The van der Waals surface area contributed by atoms with Gasteiger partial charge in [0.05, 0.1) is 17.8 Å². The number of aryl methyl sites for hydroxylation is 1. The van der Waals surface area contributed by atoms with Crippen LogP contribution in [0.25, 0.3) is 11.1 Å². The molecule has 0 spiro atoms. The molecule has 122 valence electrons. The molecule has 1 aromatic carbocycles. The topological polar surface area (TPSA) is 104 Å². The Morgan fingerprint density at radius 3 is 3.12 bits per heavy atom. The van der Waals surface area contributed by atoms with Crippen LogP contribution in [-0.2, 0) is 9.59 Å². The minimum atomic E-state index is -0.401. The van der Waals surface area contributed by atoms with Gasteiger partial charge in [-0.25, -0.2) is 4.98 Å². The Morgan fingerprint density at radius 1 is 1.46 bits per heavy atom. The van der Waals surface area contributed by atoms with Gasteiger partial charge in [0.25, 0.3) is 0 Å². The normalized spacial score (nSPS) is 17.6. The summed E-state index contributed by atoms with van der Waals surface area (Å²) in [6.07, 6.45) is 3.39. The van der Waals surface area contributed by atoms with Gasteiger partial charge in [0.2, 0.25) is 11.8 Å². The van der Waals surface area contributed by atoms with Crippen LogP contribution in [0.1, 0.15) is 12.3 Å². The third-order valence-electron chi connectivity index (χ3n) is 4.05. The summed E-state index contributed by atoms with van der Waals surface area (Å²) < 4.78 is 5.41. The second-order valence-corrected chi connectivity index (χ2v) is 5.77. The third-order valence-corrected chi connectivity index (χ3v) is 4.05. The van der Waals surface area contributed by atoms with Crippen LogP contribution < -0.4 is 10.2 Å². The van der Waals surface area contributed by atoms with Gasteiger partial charge in [-0.05, 0) is 18.2 Å². The number of benzene rings is 1. The molecule has 1 saturated heterocycles. The van der Waals surface area contributed by atoms with Gasteiger partial charge < -0.3 is 14.6 Å². The van der Waals surface area contributed by atoms with E-state index in [1.807, 2.05) is 0 Å². The van der Waals surface area contributed by atoms with E-state index < -0.39 is 5.92 Å². The highest BCUT2D eigenvalue weighted by atomic mass is 16.3. The fourth-order valence-corrected chi connectivity index (χ4v) is 2.89. The maximum atomic E-state index is 12.5. The van der Waals surface area contributed by atoms with E-state index in [1.165, 1.54) is 0 Å². The monoisotopic (exact) mass is 325 g/mol. The van der Waals surface area contributed by atoms with Crippen LogP contribution in [0.4, 0.5) is 11.4 Å². The van der Waals surface area contributed by atoms with Crippen molar-refractivity contribution in [3.05, 3.63) is 36.5 Å². The minimum Gasteiger partial charge on any atom is -0.441 e. The highest BCUT2D eigenvalue weighted by Crippen LogP contribution is 2.26. The fourth-order valence-electron chi connectivity index (χ4n) is 2.89. The first-order valence-electron chi connectivity index (χ1n) is 7.57. The highest BCUT2D eigenvalue weighted by molar-refractivity contribution is 6.03. The van der Waals surface area contributed by atoms with Gasteiger partial charge in [0.15, 0.2) is 11.5 Å². The lowest BCUT2D eigenvalue weighted by atomic mass is 10.1. The minimum absolute atomic E-state index is 0.0841. The zero-order chi connectivity index (χ0) is 16.7. The van der Waals surface area contributed by atoms with Crippen LogP contribution in [0, 0.1) is 12.8 Å². The van der Waals surface area contributed by atoms with E-state index in [4.69, 9.17) is 4.42 Å². The van der Waals surface area contributed by atoms with Gasteiger partial charge in [0, 0.05) is 31.8 Å². The summed E-state index contributed by atoms with van der Waals surface area (Å²) in [5.74, 6) is -0.0965. The molecule has 2 N–H and O–H groups in total. The van der Waals surface area contributed by atoms with Crippen molar-refractivity contribution >= 4 is 34.3 Å². The van der Waals surface area contributed by atoms with E-state index in [2.05, 4.69) is 20.5 Å². The molecule has 0 aliphatic carbocycles. The molecule has 3 aromatic rings. The predicted molar refractivity (Wildman–Crippen MR) is 86.4 cm³/mol. The molecule has 8 nitrogen and oxygen atoms in total. The van der Waals surface area contributed by atoms with Crippen molar-refractivity contribution in [2.75, 3.05) is 16.8 Å². The Labute approximate surface area is 136 Å². The summed E-state index contributed by atoms with van der Waals surface area (Å²) in [6, 6.07) is 5.28. The largest absolute Gasteiger partial charge is 0.441 e. The van der Waals surface area contributed by atoms with Crippen molar-refractivity contribution in [3.63, 3.8) is 0 Å². The number of hydrogen-bond acceptors (Lipinski definition) is 5. The van der Waals surface area contributed by atoms with E-state index >= 15 is 0 Å². The number of nitrogens with zero attached hydrogens (tertiary/aromatic N) is 3. The lowest BCUT2D eigenvalue weighted by molar-refractivity contribution is -0.122. The van der Waals surface area contributed by atoms with E-state index in [-0.39, 0.29) is 18.2 Å². The molecule has 1 aliphatic rings. The summed E-state index contributed by atoms with van der Waals surface area (Å²) >= 11 is 0. The number of rotatable bonds is 3. The van der Waals surface area contributed by atoms with Gasteiger partial charge in [-0.3, -0.25) is 14.7 Å². The number of hydrogen-bond donors (Lipinski definition) is 2. The molecular formula is C16H15N5O3. The van der Waals surface area contributed by atoms with Gasteiger partial charge >= 0.3 is 0 Å². The highest BCUT2D eigenvalue weighted by Gasteiger charge is 2.35. The van der Waals surface area contributed by atoms with E-state index in [0.717, 1.165) is 0 Å². The van der Waals surface area contributed by atoms with E-state index in [1.54, 1.807) is 42.4 Å². The fraction of sp³-hybridized carbons (Fsp3) is 0.250. The van der Waals surface area contributed by atoms with Crippen LogP contribution in [-0.4, -0.2) is 33.5 Å². The number of aromatic nitrogens is 3. The van der Waals surface area contributed by atoms with Gasteiger partial charge in [-0.15, -0.1) is 0 Å². The first-order chi connectivity index (χ1) is 11.6. The zero-order valence-electron chi connectivity index (χ0n) is 12.9. The van der Waals surface area contributed by atoms with Gasteiger partial charge in [-0.2, -0.15) is 5.10 Å². The number of carbonyl (C=O) groups excluding carboxylic acids is 2. The summed E-state index contributed by atoms with van der Waals surface area (Å²) in [7, 11) is 0. The smallest absolute Gasteiger partial charge is 0.229 e. The molecule has 0 saturated carbocycles. The van der Waals surface area contributed by atoms with Gasteiger partial charge in [-0.1, -0.05) is 0 Å². The van der Waals surface area contributed by atoms with Crippen molar-refractivity contribution in [1.82, 2.24) is 15.2 Å². The van der Waals surface area contributed by atoms with Crippen molar-refractivity contribution in [3.8, 4) is 0 Å². The van der Waals surface area contributed by atoms with Crippen LogP contribution in [0.5, 0.6) is 0 Å². The van der Waals surface area contributed by atoms with Crippen LogP contribution in [0.2, 0.25) is 0 Å². The third kappa shape index (κ3) is 2.51. The Kier molecular flexibility index (Phi) is 3.30. The van der Waals surface area contributed by atoms with Gasteiger partial charge in [0.1, 0.15) is 5.52 Å². The number of aromatic amines is 1. The van der Waals surface area contributed by atoms with Crippen LogP contribution >= 0.6 is 0 Å². The first-order valence-corrected chi connectivity index (χ1v) is 7.57. The zero-order valence-corrected chi connectivity index (χ0v) is 12.9. The number of H-pyrrole nitrogens is 1. The number of anilines is 2. The molecule has 0 unspecified atom stereocenters. The molecule has 0 radical (unpaired) electrons. The molecule has 1 atom stereocenters. The van der Waals surface area contributed by atoms with Crippen molar-refractivity contribution < 1.29 is 14.0 Å². The molecule has 3 heterocycles. The lowest BCUT2D eigenvalue weighted by Crippen LogP contribution is -2.27. The molecule has 24 heavy (non-hydrogen) atoms. The molecule has 2 amide bonds. The van der Waals surface area contributed by atoms with Crippen LogP contribution in [0.3, 0.4) is 0 Å². The van der Waals surface area contributed by atoms with E-state index in [0.29, 0.717) is 34.9 Å². The maximum Gasteiger partial charge on any atom is 0.229 e. The summed E-state index contributed by atoms with van der Waals surface area (Å²) in [4.78, 5) is 30.4. The SMILES string of the molecule is Cc1nc2cc(NC(=O)[C@@H]3CC(=O)N(c4cn[nH]c4)C3)ccc2o1. The number of fused-ring (bicyclic) bond motifs is 1. The number of nitrogens with one attached hydrogen (secondary N) is 2. The molecule has 0 bridgehead atoms. The Hall–Kier alpha value is -3.16. The molecule has 8 heteroatoms. The van der Waals surface area contributed by atoms with Crippen molar-refractivity contribution in [2.24, 2.45) is 5.92 Å². The predicted octanol–water partition coefficient (Wildman–Crippen LogP) is 1.85. The number of oxazole rings is 1. The molecule has 1 fully saturated rings. The first kappa shape index (κ1) is 14.4. The molecule has 4 rings (SSSR count).